The van der Waals surface area contributed by atoms with E-state index < -0.39 is 0 Å². The Morgan fingerprint density at radius 3 is 2.64 bits per heavy atom. The minimum absolute atomic E-state index is 0.177. The van der Waals surface area contributed by atoms with Gasteiger partial charge in [0.15, 0.2) is 0 Å². The van der Waals surface area contributed by atoms with E-state index in [1.54, 1.807) is 13.2 Å². The molecule has 1 aromatic heterocycles. The smallest absolute Gasteiger partial charge is 0.262 e. The SMILES string of the molecule is COCCn1c(C)cc(/C=C(\C#N)C(=O)NC2CCCCCC2)c1C. The third-order valence-electron chi connectivity index (χ3n) is 4.99. The molecule has 1 aliphatic carbocycles. The second kappa shape index (κ2) is 9.43. The van der Waals surface area contributed by atoms with Gasteiger partial charge >= 0.3 is 0 Å². The predicted molar refractivity (Wildman–Crippen MR) is 99.0 cm³/mol. The average Bonchev–Trinajstić information content (AvgIpc) is 2.77. The summed E-state index contributed by atoms with van der Waals surface area (Å²) in [5, 5.41) is 12.5. The van der Waals surface area contributed by atoms with Gasteiger partial charge < -0.3 is 14.6 Å². The van der Waals surface area contributed by atoms with Crippen molar-refractivity contribution in [3.8, 4) is 6.07 Å². The van der Waals surface area contributed by atoms with Gasteiger partial charge in [0.1, 0.15) is 11.6 Å². The molecule has 1 fully saturated rings. The van der Waals surface area contributed by atoms with Gasteiger partial charge in [0.2, 0.25) is 0 Å². The molecular weight excluding hydrogens is 314 g/mol. The lowest BCUT2D eigenvalue weighted by Crippen LogP contribution is -2.35. The second-order valence-electron chi connectivity index (χ2n) is 6.80. The molecule has 0 radical (unpaired) electrons. The highest BCUT2D eigenvalue weighted by molar-refractivity contribution is 6.02. The fraction of sp³-hybridized carbons (Fsp3) is 0.600. The normalized spacial score (nSPS) is 16.3. The van der Waals surface area contributed by atoms with E-state index in [1.165, 1.54) is 12.8 Å². The standard InChI is InChI=1S/C20H29N3O2/c1-15-12-17(16(2)23(15)10-11-25-3)13-18(14-21)20(24)22-19-8-6-4-5-7-9-19/h12-13,19H,4-11H2,1-3H3,(H,22,24)/b18-13+. The second-order valence-corrected chi connectivity index (χ2v) is 6.80. The van der Waals surface area contributed by atoms with Gasteiger partial charge in [0.25, 0.3) is 5.91 Å². The van der Waals surface area contributed by atoms with Crippen LogP contribution in [0, 0.1) is 25.2 Å². The highest BCUT2D eigenvalue weighted by Gasteiger charge is 2.18. The maximum atomic E-state index is 12.5. The Balaban J connectivity index is 2.13. The van der Waals surface area contributed by atoms with Crippen LogP contribution >= 0.6 is 0 Å². The van der Waals surface area contributed by atoms with E-state index in [4.69, 9.17) is 4.74 Å². The first-order chi connectivity index (χ1) is 12.1. The number of ether oxygens (including phenoxy) is 1. The van der Waals surface area contributed by atoms with Crippen molar-refractivity contribution < 1.29 is 9.53 Å². The first-order valence-corrected chi connectivity index (χ1v) is 9.15. The molecule has 1 saturated carbocycles. The number of amides is 1. The zero-order valence-corrected chi connectivity index (χ0v) is 15.6. The first kappa shape index (κ1) is 19.3. The summed E-state index contributed by atoms with van der Waals surface area (Å²) in [6, 6.07) is 4.28. The van der Waals surface area contributed by atoms with Crippen molar-refractivity contribution in [1.82, 2.24) is 9.88 Å². The third kappa shape index (κ3) is 5.20. The highest BCUT2D eigenvalue weighted by Crippen LogP contribution is 2.20. The molecule has 0 spiro atoms. The lowest BCUT2D eigenvalue weighted by atomic mass is 10.1. The van der Waals surface area contributed by atoms with E-state index in [0.717, 1.165) is 49.2 Å². The molecule has 5 heteroatoms. The Bertz CT molecular complexity index is 659. The number of aromatic nitrogens is 1. The molecule has 0 bridgehead atoms. The van der Waals surface area contributed by atoms with Crippen LogP contribution in [-0.4, -0.2) is 30.2 Å². The number of nitriles is 1. The number of nitrogens with zero attached hydrogens (tertiary/aromatic N) is 2. The maximum Gasteiger partial charge on any atom is 0.262 e. The summed E-state index contributed by atoms with van der Waals surface area (Å²) in [5.41, 5.74) is 3.24. The molecular formula is C20H29N3O2. The Kier molecular flexibility index (Phi) is 7.27. The van der Waals surface area contributed by atoms with Gasteiger partial charge in [-0.25, -0.2) is 0 Å². The number of methoxy groups -OCH3 is 1. The van der Waals surface area contributed by atoms with E-state index in [-0.39, 0.29) is 17.5 Å². The molecule has 1 amide bonds. The summed E-state index contributed by atoms with van der Waals surface area (Å²) >= 11 is 0. The molecule has 0 atom stereocenters. The van der Waals surface area contributed by atoms with Crippen molar-refractivity contribution in [2.24, 2.45) is 0 Å². The summed E-state index contributed by atoms with van der Waals surface area (Å²) in [5.74, 6) is -0.254. The van der Waals surface area contributed by atoms with E-state index in [9.17, 15) is 10.1 Å². The Labute approximate surface area is 150 Å². The van der Waals surface area contributed by atoms with Crippen LogP contribution in [0.3, 0.4) is 0 Å². The van der Waals surface area contributed by atoms with E-state index in [2.05, 4.69) is 16.0 Å². The number of rotatable bonds is 6. The molecule has 0 unspecified atom stereocenters. The lowest BCUT2D eigenvalue weighted by Gasteiger charge is -2.15. The van der Waals surface area contributed by atoms with Crippen LogP contribution in [0.1, 0.15) is 55.5 Å². The molecule has 0 aliphatic heterocycles. The van der Waals surface area contributed by atoms with Gasteiger partial charge in [-0.15, -0.1) is 0 Å². The summed E-state index contributed by atoms with van der Waals surface area (Å²) in [7, 11) is 1.68. The number of hydrogen-bond acceptors (Lipinski definition) is 3. The van der Waals surface area contributed by atoms with Crippen LogP contribution in [-0.2, 0) is 16.1 Å². The van der Waals surface area contributed by atoms with Gasteiger partial charge in [0.05, 0.1) is 6.61 Å². The van der Waals surface area contributed by atoms with Crippen molar-refractivity contribution in [3.05, 3.63) is 28.6 Å². The molecule has 25 heavy (non-hydrogen) atoms. The first-order valence-electron chi connectivity index (χ1n) is 9.15. The predicted octanol–water partition coefficient (Wildman–Crippen LogP) is 3.50. The topological polar surface area (TPSA) is 67.0 Å². The van der Waals surface area contributed by atoms with Crippen LogP contribution in [0.25, 0.3) is 6.08 Å². The van der Waals surface area contributed by atoms with Crippen LogP contribution in [0.4, 0.5) is 0 Å². The molecule has 5 nitrogen and oxygen atoms in total. The largest absolute Gasteiger partial charge is 0.383 e. The summed E-state index contributed by atoms with van der Waals surface area (Å²) in [6.45, 7) is 5.43. The Hall–Kier alpha value is -2.06. The summed E-state index contributed by atoms with van der Waals surface area (Å²) in [4.78, 5) is 12.5. The number of nitrogens with one attached hydrogen (secondary N) is 1. The summed E-state index contributed by atoms with van der Waals surface area (Å²) < 4.78 is 7.29. The number of aryl methyl sites for hydroxylation is 1. The molecule has 136 valence electrons. The van der Waals surface area contributed by atoms with Crippen LogP contribution < -0.4 is 5.32 Å². The van der Waals surface area contributed by atoms with E-state index in [1.807, 2.05) is 19.9 Å². The summed E-state index contributed by atoms with van der Waals surface area (Å²) in [6.07, 6.45) is 8.50. The number of carbonyl (C=O) groups is 1. The van der Waals surface area contributed by atoms with Crippen LogP contribution in [0.5, 0.6) is 0 Å². The number of hydrogen-bond donors (Lipinski definition) is 1. The minimum Gasteiger partial charge on any atom is -0.383 e. The Morgan fingerprint density at radius 1 is 1.36 bits per heavy atom. The molecule has 2 rings (SSSR count). The molecule has 1 N–H and O–H groups in total. The van der Waals surface area contributed by atoms with Gasteiger partial charge in [-0.3, -0.25) is 4.79 Å². The van der Waals surface area contributed by atoms with Crippen molar-refractivity contribution in [2.75, 3.05) is 13.7 Å². The highest BCUT2D eigenvalue weighted by atomic mass is 16.5. The maximum absolute atomic E-state index is 12.5. The van der Waals surface area contributed by atoms with Gasteiger partial charge in [0, 0.05) is 31.1 Å². The van der Waals surface area contributed by atoms with Crippen LogP contribution in [0.15, 0.2) is 11.6 Å². The molecule has 1 heterocycles. The van der Waals surface area contributed by atoms with Gasteiger partial charge in [-0.05, 0) is 44.4 Å². The monoisotopic (exact) mass is 343 g/mol. The minimum atomic E-state index is -0.254. The van der Waals surface area contributed by atoms with E-state index in [0.29, 0.717) is 6.61 Å². The quantitative estimate of drug-likeness (QED) is 0.488. The van der Waals surface area contributed by atoms with Crippen molar-refractivity contribution in [1.29, 1.82) is 5.26 Å². The molecule has 0 aromatic carbocycles. The fourth-order valence-corrected chi connectivity index (χ4v) is 3.49. The third-order valence-corrected chi connectivity index (χ3v) is 4.99. The molecule has 1 aliphatic rings. The Morgan fingerprint density at radius 2 is 2.04 bits per heavy atom. The fourth-order valence-electron chi connectivity index (χ4n) is 3.49. The molecule has 0 saturated heterocycles. The van der Waals surface area contributed by atoms with Crippen molar-refractivity contribution >= 4 is 12.0 Å². The number of carbonyl (C=O) groups excluding carboxylic acids is 1. The zero-order valence-electron chi connectivity index (χ0n) is 15.6. The van der Waals surface area contributed by atoms with Gasteiger partial charge in [-0.2, -0.15) is 5.26 Å². The lowest BCUT2D eigenvalue weighted by molar-refractivity contribution is -0.117. The zero-order chi connectivity index (χ0) is 18.2. The van der Waals surface area contributed by atoms with E-state index >= 15 is 0 Å². The van der Waals surface area contributed by atoms with Gasteiger partial charge in [-0.1, -0.05) is 25.7 Å². The average molecular weight is 343 g/mol. The van der Waals surface area contributed by atoms with Crippen molar-refractivity contribution in [3.63, 3.8) is 0 Å². The van der Waals surface area contributed by atoms with Crippen molar-refractivity contribution in [2.45, 2.75) is 65.0 Å². The van der Waals surface area contributed by atoms with Crippen LogP contribution in [0.2, 0.25) is 0 Å². The molecule has 1 aromatic rings.